The summed E-state index contributed by atoms with van der Waals surface area (Å²) in [5.74, 6) is 1.51. The van der Waals surface area contributed by atoms with Gasteiger partial charge in [0.2, 0.25) is 5.13 Å². The molecule has 1 atom stereocenters. The Bertz CT molecular complexity index is 899. The number of primary amides is 1. The van der Waals surface area contributed by atoms with E-state index in [1.165, 1.54) is 6.20 Å². The summed E-state index contributed by atoms with van der Waals surface area (Å²) in [5, 5.41) is 3.83. The minimum absolute atomic E-state index is 0.0684. The number of carbonyl (C=O) groups excluding carboxylic acids is 1. The van der Waals surface area contributed by atoms with Gasteiger partial charge in [-0.15, -0.1) is 0 Å². The first kappa shape index (κ1) is 18.7. The zero-order chi connectivity index (χ0) is 19.6. The summed E-state index contributed by atoms with van der Waals surface area (Å²) < 4.78 is 10.8. The number of amides is 1. The van der Waals surface area contributed by atoms with E-state index >= 15 is 0 Å². The maximum atomic E-state index is 11.3. The van der Waals surface area contributed by atoms with Crippen molar-refractivity contribution in [3.8, 4) is 11.5 Å². The number of aromatic nitrogens is 1. The molecule has 1 aromatic carbocycles. The summed E-state index contributed by atoms with van der Waals surface area (Å²) in [6.45, 7) is 3.99. The lowest BCUT2D eigenvalue weighted by Crippen LogP contribution is -2.49. The molecule has 2 aromatic rings. The topological polar surface area (TPSA) is 102 Å². The predicted octanol–water partition coefficient (Wildman–Crippen LogP) is 2.65. The molecule has 0 bridgehead atoms. The van der Waals surface area contributed by atoms with Crippen molar-refractivity contribution in [1.82, 2.24) is 10.3 Å². The van der Waals surface area contributed by atoms with Crippen LogP contribution in [0, 0.1) is 0 Å². The lowest BCUT2D eigenvalue weighted by Gasteiger charge is -2.36. The van der Waals surface area contributed by atoms with Crippen LogP contribution in [-0.2, 0) is 0 Å². The summed E-state index contributed by atoms with van der Waals surface area (Å²) in [6.07, 6.45) is 3.28. The summed E-state index contributed by atoms with van der Waals surface area (Å²) in [5.41, 5.74) is 7.13. The van der Waals surface area contributed by atoms with Crippen LogP contribution in [0.1, 0.15) is 23.5 Å². The maximum absolute atomic E-state index is 11.3. The van der Waals surface area contributed by atoms with Crippen LogP contribution < -0.4 is 25.4 Å². The Morgan fingerprint density at radius 3 is 2.52 bits per heavy atom. The van der Waals surface area contributed by atoms with Gasteiger partial charge in [-0.25, -0.2) is 9.98 Å². The molecule has 1 aliphatic heterocycles. The van der Waals surface area contributed by atoms with Gasteiger partial charge in [-0.1, -0.05) is 11.3 Å². The standard InChI is InChI=1S/C18H21N5O3S/c1-10-5-16(22-18-20-9-15(27-18)17(19)24)23(11(2)21-10)12-6-13(25-3)8-14(7-12)26-4/h5-9,11,21H,1-4H3,(H2,19,24). The number of nitrogens with one attached hydrogen (secondary N) is 1. The molecule has 1 amide bonds. The van der Waals surface area contributed by atoms with Gasteiger partial charge >= 0.3 is 0 Å². The number of allylic oxidation sites excluding steroid dienone is 1. The normalized spacial score (nSPS) is 18.1. The number of nitrogens with zero attached hydrogens (tertiary/aromatic N) is 3. The summed E-state index contributed by atoms with van der Waals surface area (Å²) in [6, 6.07) is 5.62. The van der Waals surface area contributed by atoms with E-state index in [-0.39, 0.29) is 6.17 Å². The highest BCUT2D eigenvalue weighted by Crippen LogP contribution is 2.32. The van der Waals surface area contributed by atoms with Gasteiger partial charge in [0.15, 0.2) is 0 Å². The summed E-state index contributed by atoms with van der Waals surface area (Å²) in [4.78, 5) is 22.5. The van der Waals surface area contributed by atoms with Crippen molar-refractivity contribution in [1.29, 1.82) is 0 Å². The third-order valence-electron chi connectivity index (χ3n) is 3.98. The van der Waals surface area contributed by atoms with Gasteiger partial charge in [0.25, 0.3) is 5.91 Å². The number of anilines is 1. The van der Waals surface area contributed by atoms with Crippen molar-refractivity contribution in [2.75, 3.05) is 19.1 Å². The second-order valence-electron chi connectivity index (χ2n) is 5.93. The van der Waals surface area contributed by atoms with E-state index in [0.717, 1.165) is 22.7 Å². The Morgan fingerprint density at radius 1 is 1.30 bits per heavy atom. The minimum atomic E-state index is -0.515. The van der Waals surface area contributed by atoms with E-state index in [9.17, 15) is 4.79 Å². The summed E-state index contributed by atoms with van der Waals surface area (Å²) >= 11 is 1.15. The maximum Gasteiger partial charge on any atom is 0.260 e. The molecule has 8 nitrogen and oxygen atoms in total. The zero-order valence-corrected chi connectivity index (χ0v) is 16.3. The molecular weight excluding hydrogens is 366 g/mol. The zero-order valence-electron chi connectivity index (χ0n) is 15.5. The molecular formula is C18H21N5O3S. The van der Waals surface area contributed by atoms with Crippen LogP contribution in [0.15, 0.2) is 41.2 Å². The monoisotopic (exact) mass is 387 g/mol. The SMILES string of the molecule is COc1cc(OC)cc(N2C(=Nc3ncc(C(N)=O)s3)C=C(C)NC2C)c1. The number of thiazole rings is 1. The van der Waals surface area contributed by atoms with Gasteiger partial charge in [-0.05, 0) is 19.9 Å². The van der Waals surface area contributed by atoms with E-state index in [1.807, 2.05) is 43.0 Å². The van der Waals surface area contributed by atoms with Gasteiger partial charge in [-0.3, -0.25) is 4.79 Å². The number of nitrogens with two attached hydrogens (primary N) is 1. The predicted molar refractivity (Wildman–Crippen MR) is 106 cm³/mol. The number of benzene rings is 1. The molecule has 1 aromatic heterocycles. The number of hydrogen-bond donors (Lipinski definition) is 2. The lowest BCUT2D eigenvalue weighted by molar-refractivity contribution is 0.100. The van der Waals surface area contributed by atoms with Gasteiger partial charge in [0, 0.05) is 23.9 Å². The number of aliphatic imine (C=N–C) groups is 1. The van der Waals surface area contributed by atoms with Crippen molar-refractivity contribution in [3.63, 3.8) is 0 Å². The lowest BCUT2D eigenvalue weighted by atomic mass is 10.2. The first-order valence-corrected chi connectivity index (χ1v) is 9.04. The van der Waals surface area contributed by atoms with Crippen molar-refractivity contribution >= 4 is 33.9 Å². The Balaban J connectivity index is 2.08. The van der Waals surface area contributed by atoms with E-state index in [2.05, 4.69) is 15.3 Å². The summed E-state index contributed by atoms with van der Waals surface area (Å²) in [7, 11) is 3.22. The second-order valence-corrected chi connectivity index (χ2v) is 6.94. The van der Waals surface area contributed by atoms with Gasteiger partial charge in [0.1, 0.15) is 28.4 Å². The average Bonchev–Trinajstić information content (AvgIpc) is 3.09. The van der Waals surface area contributed by atoms with E-state index in [0.29, 0.717) is 27.3 Å². The molecule has 0 spiro atoms. The van der Waals surface area contributed by atoms with Crippen LogP contribution in [0.3, 0.4) is 0 Å². The van der Waals surface area contributed by atoms with Gasteiger partial charge < -0.3 is 25.4 Å². The Morgan fingerprint density at radius 2 is 1.96 bits per heavy atom. The molecule has 0 saturated carbocycles. The average molecular weight is 387 g/mol. The van der Waals surface area contributed by atoms with Crippen LogP contribution in [0.4, 0.5) is 10.8 Å². The number of amidine groups is 1. The molecule has 0 aliphatic carbocycles. The van der Waals surface area contributed by atoms with Crippen molar-refractivity contribution in [2.45, 2.75) is 20.0 Å². The molecule has 1 unspecified atom stereocenters. The Hall–Kier alpha value is -3.07. The molecule has 0 radical (unpaired) electrons. The van der Waals surface area contributed by atoms with E-state index in [1.54, 1.807) is 14.2 Å². The molecule has 27 heavy (non-hydrogen) atoms. The molecule has 1 aliphatic rings. The van der Waals surface area contributed by atoms with E-state index < -0.39 is 5.91 Å². The van der Waals surface area contributed by atoms with Crippen molar-refractivity contribution in [3.05, 3.63) is 41.0 Å². The molecule has 0 fully saturated rings. The first-order chi connectivity index (χ1) is 12.9. The fourth-order valence-corrected chi connectivity index (χ4v) is 3.45. The van der Waals surface area contributed by atoms with Crippen LogP contribution in [0.5, 0.6) is 11.5 Å². The molecule has 3 N–H and O–H groups in total. The number of methoxy groups -OCH3 is 2. The molecule has 2 heterocycles. The smallest absolute Gasteiger partial charge is 0.260 e. The molecule has 3 rings (SSSR count). The van der Waals surface area contributed by atoms with Crippen molar-refractivity contribution < 1.29 is 14.3 Å². The molecule has 9 heteroatoms. The number of hydrogen-bond acceptors (Lipinski definition) is 7. The van der Waals surface area contributed by atoms with Gasteiger partial charge in [0.05, 0.1) is 26.1 Å². The highest BCUT2D eigenvalue weighted by Gasteiger charge is 2.25. The van der Waals surface area contributed by atoms with Crippen molar-refractivity contribution in [2.24, 2.45) is 10.7 Å². The highest BCUT2D eigenvalue weighted by atomic mass is 32.1. The van der Waals surface area contributed by atoms with Crippen LogP contribution in [-0.4, -0.2) is 37.1 Å². The Labute approximate surface area is 161 Å². The number of carbonyl (C=O) groups is 1. The van der Waals surface area contributed by atoms with Crippen LogP contribution in [0.2, 0.25) is 0 Å². The first-order valence-electron chi connectivity index (χ1n) is 8.22. The third kappa shape index (κ3) is 4.03. The second kappa shape index (κ2) is 7.67. The van der Waals surface area contributed by atoms with Gasteiger partial charge in [-0.2, -0.15) is 0 Å². The number of rotatable bonds is 5. The highest BCUT2D eigenvalue weighted by molar-refractivity contribution is 7.17. The molecule has 0 saturated heterocycles. The van der Waals surface area contributed by atoms with E-state index in [4.69, 9.17) is 15.2 Å². The largest absolute Gasteiger partial charge is 0.497 e. The fourth-order valence-electron chi connectivity index (χ4n) is 2.80. The number of ether oxygens (including phenoxy) is 2. The quantitative estimate of drug-likeness (QED) is 0.818. The minimum Gasteiger partial charge on any atom is -0.497 e. The third-order valence-corrected chi connectivity index (χ3v) is 4.88. The fraction of sp³-hybridized carbons (Fsp3) is 0.278. The Kier molecular flexibility index (Phi) is 5.31. The van der Waals surface area contributed by atoms with Crippen LogP contribution >= 0.6 is 11.3 Å². The van der Waals surface area contributed by atoms with Crippen LogP contribution in [0.25, 0.3) is 0 Å². The molecule has 142 valence electrons.